The lowest BCUT2D eigenvalue weighted by molar-refractivity contribution is 0.0115. The van der Waals surface area contributed by atoms with E-state index in [1.54, 1.807) is 19.4 Å². The SMILES string of the molecule is COCC(C)OC(=O)c1csc(CCN)n1. The number of nitrogens with zero attached hydrogens (tertiary/aromatic N) is 1. The molecule has 0 saturated heterocycles. The van der Waals surface area contributed by atoms with Gasteiger partial charge in [0, 0.05) is 18.9 Å². The van der Waals surface area contributed by atoms with Gasteiger partial charge in [-0.1, -0.05) is 0 Å². The highest BCUT2D eigenvalue weighted by Crippen LogP contribution is 2.11. The second-order valence-corrected chi connectivity index (χ2v) is 4.28. The summed E-state index contributed by atoms with van der Waals surface area (Å²) in [6, 6.07) is 0. The molecule has 2 N–H and O–H groups in total. The lowest BCUT2D eigenvalue weighted by Gasteiger charge is -2.10. The third kappa shape index (κ3) is 3.88. The number of aromatic nitrogens is 1. The molecule has 0 aromatic carbocycles. The predicted octanol–water partition coefficient (Wildman–Crippen LogP) is 0.836. The first kappa shape index (κ1) is 13.1. The summed E-state index contributed by atoms with van der Waals surface area (Å²) in [6.45, 7) is 2.68. The Labute approximate surface area is 98.6 Å². The van der Waals surface area contributed by atoms with E-state index in [4.69, 9.17) is 15.2 Å². The Morgan fingerprint density at radius 1 is 1.69 bits per heavy atom. The van der Waals surface area contributed by atoms with Crippen LogP contribution in [0.25, 0.3) is 0 Å². The molecule has 0 fully saturated rings. The lowest BCUT2D eigenvalue weighted by Crippen LogP contribution is -2.19. The van der Waals surface area contributed by atoms with E-state index in [-0.39, 0.29) is 6.10 Å². The molecule has 6 heteroatoms. The fraction of sp³-hybridized carbons (Fsp3) is 0.600. The van der Waals surface area contributed by atoms with Gasteiger partial charge in [0.1, 0.15) is 6.10 Å². The standard InChI is InChI=1S/C10H16N2O3S/c1-7(5-14-2)15-10(13)8-6-16-9(12-8)3-4-11/h6-7H,3-5,11H2,1-2H3. The van der Waals surface area contributed by atoms with E-state index in [9.17, 15) is 4.79 Å². The molecule has 16 heavy (non-hydrogen) atoms. The first-order valence-electron chi connectivity index (χ1n) is 5.01. The number of carbonyl (C=O) groups excluding carboxylic acids is 1. The van der Waals surface area contributed by atoms with Gasteiger partial charge in [-0.2, -0.15) is 0 Å². The van der Waals surface area contributed by atoms with Gasteiger partial charge in [-0.3, -0.25) is 0 Å². The number of methoxy groups -OCH3 is 1. The van der Waals surface area contributed by atoms with Crippen LogP contribution in [0.3, 0.4) is 0 Å². The van der Waals surface area contributed by atoms with E-state index >= 15 is 0 Å². The van der Waals surface area contributed by atoms with Crippen LogP contribution >= 0.6 is 11.3 Å². The highest BCUT2D eigenvalue weighted by molar-refractivity contribution is 7.09. The molecule has 90 valence electrons. The monoisotopic (exact) mass is 244 g/mol. The summed E-state index contributed by atoms with van der Waals surface area (Å²) in [6.07, 6.45) is 0.420. The Balaban J connectivity index is 2.52. The normalized spacial score (nSPS) is 12.4. The van der Waals surface area contributed by atoms with Crippen LogP contribution in [0.15, 0.2) is 5.38 Å². The van der Waals surface area contributed by atoms with Gasteiger partial charge < -0.3 is 15.2 Å². The summed E-state index contributed by atoms with van der Waals surface area (Å²) in [7, 11) is 1.56. The molecular weight excluding hydrogens is 228 g/mol. The van der Waals surface area contributed by atoms with Crippen LogP contribution in [0.4, 0.5) is 0 Å². The molecule has 0 aliphatic rings. The molecule has 0 amide bonds. The lowest BCUT2D eigenvalue weighted by atomic mass is 10.4. The number of nitrogens with two attached hydrogens (primary N) is 1. The minimum absolute atomic E-state index is 0.267. The maximum atomic E-state index is 11.6. The van der Waals surface area contributed by atoms with Crippen molar-refractivity contribution in [3.8, 4) is 0 Å². The Morgan fingerprint density at radius 2 is 2.44 bits per heavy atom. The number of esters is 1. The van der Waals surface area contributed by atoms with Crippen molar-refractivity contribution in [3.05, 3.63) is 16.1 Å². The second-order valence-electron chi connectivity index (χ2n) is 3.34. The van der Waals surface area contributed by atoms with E-state index in [0.717, 1.165) is 5.01 Å². The van der Waals surface area contributed by atoms with Crippen molar-refractivity contribution in [2.45, 2.75) is 19.4 Å². The summed E-state index contributed by atoms with van der Waals surface area (Å²) in [5, 5.41) is 2.54. The molecule has 1 unspecified atom stereocenters. The summed E-state index contributed by atoms with van der Waals surface area (Å²) in [4.78, 5) is 15.7. The van der Waals surface area contributed by atoms with Gasteiger partial charge in [0.05, 0.1) is 11.6 Å². The van der Waals surface area contributed by atoms with E-state index in [2.05, 4.69) is 4.98 Å². The van der Waals surface area contributed by atoms with Gasteiger partial charge in [0.25, 0.3) is 0 Å². The van der Waals surface area contributed by atoms with E-state index < -0.39 is 5.97 Å². The predicted molar refractivity (Wildman–Crippen MR) is 61.6 cm³/mol. The minimum atomic E-state index is -0.413. The fourth-order valence-corrected chi connectivity index (χ4v) is 1.94. The number of thiazole rings is 1. The van der Waals surface area contributed by atoms with Crippen molar-refractivity contribution in [2.75, 3.05) is 20.3 Å². The van der Waals surface area contributed by atoms with Crippen LogP contribution < -0.4 is 5.73 Å². The average Bonchev–Trinajstić information content (AvgIpc) is 2.67. The molecule has 1 aromatic rings. The van der Waals surface area contributed by atoms with Crippen molar-refractivity contribution >= 4 is 17.3 Å². The van der Waals surface area contributed by atoms with Crippen molar-refractivity contribution in [1.29, 1.82) is 0 Å². The first-order chi connectivity index (χ1) is 7.67. The smallest absolute Gasteiger partial charge is 0.358 e. The Bertz CT molecular complexity index is 341. The molecule has 1 rings (SSSR count). The zero-order valence-corrected chi connectivity index (χ0v) is 10.3. The van der Waals surface area contributed by atoms with Crippen LogP contribution in [0, 0.1) is 0 Å². The third-order valence-corrected chi connectivity index (χ3v) is 2.74. The molecule has 0 saturated carbocycles. The maximum absolute atomic E-state index is 11.6. The maximum Gasteiger partial charge on any atom is 0.358 e. The molecule has 0 spiro atoms. The summed E-state index contributed by atoms with van der Waals surface area (Å²) >= 11 is 1.42. The number of hydrogen-bond donors (Lipinski definition) is 1. The number of hydrogen-bond acceptors (Lipinski definition) is 6. The summed E-state index contributed by atoms with van der Waals surface area (Å²) in [5.41, 5.74) is 5.74. The molecular formula is C10H16N2O3S. The number of ether oxygens (including phenoxy) is 2. The van der Waals surface area contributed by atoms with E-state index in [1.807, 2.05) is 0 Å². The first-order valence-corrected chi connectivity index (χ1v) is 5.89. The van der Waals surface area contributed by atoms with Crippen molar-refractivity contribution in [1.82, 2.24) is 4.98 Å². The molecule has 5 nitrogen and oxygen atoms in total. The van der Waals surface area contributed by atoms with E-state index in [0.29, 0.717) is 25.3 Å². The molecule has 1 heterocycles. The number of carbonyl (C=O) groups is 1. The average molecular weight is 244 g/mol. The quantitative estimate of drug-likeness (QED) is 0.750. The van der Waals surface area contributed by atoms with Crippen LogP contribution in [0.2, 0.25) is 0 Å². The fourth-order valence-electron chi connectivity index (χ4n) is 1.15. The van der Waals surface area contributed by atoms with Crippen LogP contribution in [0.1, 0.15) is 22.4 Å². The van der Waals surface area contributed by atoms with Crippen molar-refractivity contribution < 1.29 is 14.3 Å². The van der Waals surface area contributed by atoms with Gasteiger partial charge >= 0.3 is 5.97 Å². The van der Waals surface area contributed by atoms with E-state index in [1.165, 1.54) is 11.3 Å². The Kier molecular flexibility index (Phi) is 5.37. The Hall–Kier alpha value is -0.980. The Morgan fingerprint density at radius 3 is 3.06 bits per heavy atom. The topological polar surface area (TPSA) is 74.4 Å². The van der Waals surface area contributed by atoms with Crippen LogP contribution in [-0.4, -0.2) is 37.3 Å². The highest BCUT2D eigenvalue weighted by Gasteiger charge is 2.15. The van der Waals surface area contributed by atoms with Gasteiger partial charge in [-0.25, -0.2) is 9.78 Å². The van der Waals surface area contributed by atoms with Crippen molar-refractivity contribution in [3.63, 3.8) is 0 Å². The van der Waals surface area contributed by atoms with Crippen LogP contribution in [0.5, 0.6) is 0 Å². The van der Waals surface area contributed by atoms with Gasteiger partial charge in [0.2, 0.25) is 0 Å². The molecule has 0 aliphatic carbocycles. The van der Waals surface area contributed by atoms with Gasteiger partial charge in [-0.05, 0) is 13.5 Å². The highest BCUT2D eigenvalue weighted by atomic mass is 32.1. The number of rotatable bonds is 6. The second kappa shape index (κ2) is 6.57. The van der Waals surface area contributed by atoms with Gasteiger partial charge in [0.15, 0.2) is 5.69 Å². The molecule has 0 aliphatic heterocycles. The summed E-state index contributed by atoms with van der Waals surface area (Å²) < 4.78 is 9.99. The minimum Gasteiger partial charge on any atom is -0.455 e. The molecule has 1 atom stereocenters. The van der Waals surface area contributed by atoms with Gasteiger partial charge in [-0.15, -0.1) is 11.3 Å². The zero-order chi connectivity index (χ0) is 12.0. The molecule has 0 radical (unpaired) electrons. The van der Waals surface area contributed by atoms with Crippen molar-refractivity contribution in [2.24, 2.45) is 5.73 Å². The van der Waals surface area contributed by atoms with Crippen LogP contribution in [-0.2, 0) is 15.9 Å². The summed E-state index contributed by atoms with van der Waals surface area (Å²) in [5.74, 6) is -0.413. The third-order valence-electron chi connectivity index (χ3n) is 1.83. The molecule has 0 bridgehead atoms. The largest absolute Gasteiger partial charge is 0.455 e. The molecule has 1 aromatic heterocycles. The zero-order valence-electron chi connectivity index (χ0n) is 9.43.